The van der Waals surface area contributed by atoms with Crippen LogP contribution in [0.5, 0.6) is 6.01 Å². The second-order valence-electron chi connectivity index (χ2n) is 5.22. The molecule has 0 aromatic carbocycles. The lowest BCUT2D eigenvalue weighted by Gasteiger charge is -2.22. The second kappa shape index (κ2) is 7.17. The number of fused-ring (bicyclic) bond motifs is 1. The molecular weight excluding hydrogens is 347 g/mol. The molecule has 0 amide bonds. The van der Waals surface area contributed by atoms with Crippen molar-refractivity contribution in [1.29, 1.82) is 0 Å². The van der Waals surface area contributed by atoms with Gasteiger partial charge in [0.1, 0.15) is 11.9 Å². The fourth-order valence-corrected chi connectivity index (χ4v) is 2.11. The number of rotatable bonds is 5. The van der Waals surface area contributed by atoms with Gasteiger partial charge in [-0.15, -0.1) is 4.73 Å². The number of halogens is 3. The number of imidazole rings is 1. The van der Waals surface area contributed by atoms with Crippen LogP contribution in [0.4, 0.5) is 19.0 Å². The Kier molecular flexibility index (Phi) is 5.40. The molecule has 2 rings (SSSR count). The molecule has 0 saturated carbocycles. The summed E-state index contributed by atoms with van der Waals surface area (Å²) >= 11 is 0. The van der Waals surface area contributed by atoms with Crippen LogP contribution in [0, 0.1) is 0 Å². The third-order valence-electron chi connectivity index (χ3n) is 3.19. The van der Waals surface area contributed by atoms with E-state index in [9.17, 15) is 18.0 Å². The van der Waals surface area contributed by atoms with Crippen molar-refractivity contribution >= 4 is 17.8 Å². The summed E-state index contributed by atoms with van der Waals surface area (Å²) in [5.74, 6) is -2.57. The van der Waals surface area contributed by atoms with Crippen molar-refractivity contribution in [1.82, 2.24) is 9.71 Å². The molecule has 2 atom stereocenters. The molecule has 25 heavy (non-hydrogen) atoms. The summed E-state index contributed by atoms with van der Waals surface area (Å²) in [5.41, 5.74) is 5.88. The SMILES string of the molecule is CCC[C@H](C)OC1=NC(N)c2nc(OC)n(OC(=O)C(F)(F)F)c2N1. The molecule has 0 saturated heterocycles. The fourth-order valence-electron chi connectivity index (χ4n) is 2.11. The van der Waals surface area contributed by atoms with E-state index in [-0.39, 0.29) is 23.6 Å². The number of nitrogens with zero attached hydrogens (tertiary/aromatic N) is 3. The topological polar surface area (TPSA) is 113 Å². The van der Waals surface area contributed by atoms with Gasteiger partial charge in [0.2, 0.25) is 0 Å². The number of ether oxygens (including phenoxy) is 2. The van der Waals surface area contributed by atoms with Gasteiger partial charge in [0.05, 0.1) is 13.2 Å². The summed E-state index contributed by atoms with van der Waals surface area (Å²) in [5, 5.41) is 2.62. The number of hydrogen-bond donors (Lipinski definition) is 2. The van der Waals surface area contributed by atoms with Crippen LogP contribution in [0.3, 0.4) is 0 Å². The zero-order chi connectivity index (χ0) is 18.8. The number of hydrogen-bond acceptors (Lipinski definition) is 8. The molecular formula is C13H18F3N5O4. The van der Waals surface area contributed by atoms with Crippen molar-refractivity contribution in [2.24, 2.45) is 10.7 Å². The van der Waals surface area contributed by atoms with E-state index in [0.717, 1.165) is 20.0 Å². The Bertz CT molecular complexity index is 673. The van der Waals surface area contributed by atoms with E-state index in [1.54, 1.807) is 6.92 Å². The first kappa shape index (κ1) is 18.8. The van der Waals surface area contributed by atoms with Crippen LogP contribution in [0.2, 0.25) is 0 Å². The number of aromatic nitrogens is 2. The smallest absolute Gasteiger partial charge is 0.466 e. The van der Waals surface area contributed by atoms with Gasteiger partial charge in [0.15, 0.2) is 5.82 Å². The van der Waals surface area contributed by atoms with Gasteiger partial charge in [0.25, 0.3) is 6.02 Å². The van der Waals surface area contributed by atoms with Gasteiger partial charge < -0.3 is 20.0 Å². The van der Waals surface area contributed by atoms with Gasteiger partial charge in [-0.3, -0.25) is 5.32 Å². The van der Waals surface area contributed by atoms with E-state index >= 15 is 0 Å². The summed E-state index contributed by atoms with van der Waals surface area (Å²) in [6.07, 6.45) is -4.84. The van der Waals surface area contributed by atoms with Gasteiger partial charge in [-0.1, -0.05) is 13.3 Å². The van der Waals surface area contributed by atoms with Gasteiger partial charge >= 0.3 is 18.2 Å². The monoisotopic (exact) mass is 365 g/mol. The quantitative estimate of drug-likeness (QED) is 0.810. The van der Waals surface area contributed by atoms with Crippen molar-refractivity contribution in [3.8, 4) is 6.01 Å². The van der Waals surface area contributed by atoms with E-state index in [0.29, 0.717) is 4.73 Å². The Morgan fingerprint density at radius 1 is 1.48 bits per heavy atom. The van der Waals surface area contributed by atoms with E-state index in [2.05, 4.69) is 20.1 Å². The molecule has 1 aliphatic heterocycles. The minimum atomic E-state index is -5.19. The Morgan fingerprint density at radius 2 is 2.16 bits per heavy atom. The molecule has 2 heterocycles. The van der Waals surface area contributed by atoms with Crippen molar-refractivity contribution in [3.05, 3.63) is 5.69 Å². The molecule has 0 radical (unpaired) electrons. The lowest BCUT2D eigenvalue weighted by atomic mass is 10.2. The van der Waals surface area contributed by atoms with Gasteiger partial charge in [-0.25, -0.2) is 9.79 Å². The van der Waals surface area contributed by atoms with Crippen LogP contribution in [-0.2, 0) is 9.53 Å². The zero-order valence-electron chi connectivity index (χ0n) is 13.8. The maximum absolute atomic E-state index is 12.5. The molecule has 140 valence electrons. The Balaban J connectivity index is 2.30. The van der Waals surface area contributed by atoms with E-state index in [4.69, 9.17) is 15.2 Å². The zero-order valence-corrected chi connectivity index (χ0v) is 13.8. The molecule has 1 aromatic heterocycles. The number of amidine groups is 1. The van der Waals surface area contributed by atoms with Crippen LogP contribution < -0.4 is 20.6 Å². The fraction of sp³-hybridized carbons (Fsp3) is 0.615. The molecule has 0 aliphatic carbocycles. The maximum atomic E-state index is 12.5. The van der Waals surface area contributed by atoms with Crippen molar-refractivity contribution in [2.45, 2.75) is 45.1 Å². The first-order valence-electron chi connectivity index (χ1n) is 7.40. The number of aliphatic imine (C=N–C) groups is 1. The van der Waals surface area contributed by atoms with Crippen LogP contribution in [0.15, 0.2) is 4.99 Å². The highest BCUT2D eigenvalue weighted by atomic mass is 19.4. The Labute approximate surface area is 140 Å². The van der Waals surface area contributed by atoms with Crippen LogP contribution in [0.25, 0.3) is 0 Å². The molecule has 1 aliphatic rings. The molecule has 1 unspecified atom stereocenters. The normalized spacial score (nSPS) is 17.9. The highest BCUT2D eigenvalue weighted by Crippen LogP contribution is 2.31. The summed E-state index contributed by atoms with van der Waals surface area (Å²) in [4.78, 5) is 23.4. The molecule has 0 spiro atoms. The number of carbonyl (C=O) groups excluding carboxylic acids is 1. The Hall–Kier alpha value is -2.50. The highest BCUT2D eigenvalue weighted by Gasteiger charge is 2.43. The predicted octanol–water partition coefficient (Wildman–Crippen LogP) is 1.35. The summed E-state index contributed by atoms with van der Waals surface area (Å²) in [6.45, 7) is 3.77. The second-order valence-corrected chi connectivity index (χ2v) is 5.22. The standard InChI is InChI=1S/C13H18F3N5O4/c1-4-5-6(2)24-11-19-8(17)7-9(20-11)21(12(18-7)23-3)25-10(22)13(14,15)16/h6,8H,4-5,17H2,1-3H3,(H,19,20)/t6-,8?/m0/s1. The number of nitrogens with two attached hydrogens (primary N) is 1. The summed E-state index contributed by atoms with van der Waals surface area (Å²) < 4.78 is 48.3. The number of alkyl halides is 3. The summed E-state index contributed by atoms with van der Waals surface area (Å²) in [7, 11) is 1.15. The minimum absolute atomic E-state index is 0.0205. The minimum Gasteiger partial charge on any atom is -0.466 e. The molecule has 3 N–H and O–H groups in total. The van der Waals surface area contributed by atoms with E-state index in [1.165, 1.54) is 0 Å². The first-order valence-corrected chi connectivity index (χ1v) is 7.40. The lowest BCUT2D eigenvalue weighted by Crippen LogP contribution is -2.36. The van der Waals surface area contributed by atoms with Gasteiger partial charge in [-0.2, -0.15) is 18.2 Å². The number of methoxy groups -OCH3 is 1. The van der Waals surface area contributed by atoms with Gasteiger partial charge in [-0.05, 0) is 13.3 Å². The highest BCUT2D eigenvalue weighted by molar-refractivity contribution is 5.91. The molecule has 1 aromatic rings. The molecule has 0 bridgehead atoms. The summed E-state index contributed by atoms with van der Waals surface area (Å²) in [6, 6.07) is -0.420. The van der Waals surface area contributed by atoms with Crippen molar-refractivity contribution < 1.29 is 32.3 Å². The first-order chi connectivity index (χ1) is 11.7. The third-order valence-corrected chi connectivity index (χ3v) is 3.19. The van der Waals surface area contributed by atoms with Crippen LogP contribution >= 0.6 is 0 Å². The lowest BCUT2D eigenvalue weighted by molar-refractivity contribution is -0.200. The van der Waals surface area contributed by atoms with Gasteiger partial charge in [0, 0.05) is 0 Å². The number of anilines is 1. The maximum Gasteiger partial charge on any atom is 0.493 e. The molecule has 0 fully saturated rings. The largest absolute Gasteiger partial charge is 0.493 e. The van der Waals surface area contributed by atoms with E-state index < -0.39 is 24.3 Å². The Morgan fingerprint density at radius 3 is 2.72 bits per heavy atom. The average Bonchev–Trinajstić information content (AvgIpc) is 2.85. The van der Waals surface area contributed by atoms with Crippen molar-refractivity contribution in [3.63, 3.8) is 0 Å². The van der Waals surface area contributed by atoms with Crippen molar-refractivity contribution in [2.75, 3.05) is 12.4 Å². The molecule has 12 heteroatoms. The van der Waals surface area contributed by atoms with Crippen LogP contribution in [0.1, 0.15) is 38.5 Å². The number of nitrogens with one attached hydrogen (secondary N) is 1. The third kappa shape index (κ3) is 4.13. The number of carbonyl (C=O) groups is 1. The average molecular weight is 365 g/mol. The van der Waals surface area contributed by atoms with E-state index in [1.807, 2.05) is 6.92 Å². The molecule has 9 nitrogen and oxygen atoms in total. The predicted molar refractivity (Wildman–Crippen MR) is 79.9 cm³/mol. The van der Waals surface area contributed by atoms with Crippen LogP contribution in [-0.4, -0.2) is 41.1 Å².